The van der Waals surface area contributed by atoms with Crippen LogP contribution in [0.5, 0.6) is 11.5 Å². The summed E-state index contributed by atoms with van der Waals surface area (Å²) in [6.45, 7) is 0. The summed E-state index contributed by atoms with van der Waals surface area (Å²) >= 11 is 3.27. The minimum atomic E-state index is -0.214. The zero-order valence-corrected chi connectivity index (χ0v) is 16.6. The van der Waals surface area contributed by atoms with Crippen LogP contribution in [-0.2, 0) is 0 Å². The fourth-order valence-electron chi connectivity index (χ4n) is 2.53. The van der Waals surface area contributed by atoms with Crippen LogP contribution in [0.4, 0.5) is 0 Å². The van der Waals surface area contributed by atoms with Gasteiger partial charge in [-0.05, 0) is 33.6 Å². The molecule has 3 aromatic carbocycles. The molecule has 0 unspecified atom stereocenters. The van der Waals surface area contributed by atoms with E-state index in [1.165, 1.54) is 13.3 Å². The maximum Gasteiger partial charge on any atom is 0.213 e. The van der Waals surface area contributed by atoms with Crippen molar-refractivity contribution >= 4 is 33.6 Å². The lowest BCUT2D eigenvalue weighted by Crippen LogP contribution is -2.15. The summed E-state index contributed by atoms with van der Waals surface area (Å²) in [6.07, 6.45) is 1.49. The van der Waals surface area contributed by atoms with Crippen molar-refractivity contribution in [1.29, 1.82) is 0 Å². The first kappa shape index (κ1) is 19.5. The molecule has 0 bridgehead atoms. The van der Waals surface area contributed by atoms with Crippen LogP contribution >= 0.6 is 15.9 Å². The van der Waals surface area contributed by atoms with Crippen molar-refractivity contribution in [3.63, 3.8) is 0 Å². The highest BCUT2D eigenvalue weighted by Gasteiger charge is 2.16. The van der Waals surface area contributed by atoms with E-state index in [9.17, 15) is 9.90 Å². The second-order valence-electron chi connectivity index (χ2n) is 5.81. The number of hydrogen-bond acceptors (Lipinski definition) is 5. The molecule has 0 saturated heterocycles. The summed E-state index contributed by atoms with van der Waals surface area (Å²) in [5.41, 5.74) is 2.12. The number of phenolic OH excluding ortho intramolecular Hbond substituents is 1. The van der Waals surface area contributed by atoms with Gasteiger partial charge in [-0.2, -0.15) is 5.10 Å². The predicted octanol–water partition coefficient (Wildman–Crippen LogP) is 4.87. The van der Waals surface area contributed by atoms with E-state index in [4.69, 9.17) is 4.74 Å². The molecule has 0 aliphatic rings. The van der Waals surface area contributed by atoms with Crippen LogP contribution in [0.15, 0.2) is 87.5 Å². The Labute approximate surface area is 171 Å². The van der Waals surface area contributed by atoms with Gasteiger partial charge in [0.05, 0.1) is 17.8 Å². The van der Waals surface area contributed by atoms with Gasteiger partial charge in [-0.1, -0.05) is 60.7 Å². The quantitative estimate of drug-likeness (QED) is 0.340. The fraction of sp³-hybridized carbons (Fsp3) is 0.0455. The highest BCUT2D eigenvalue weighted by Crippen LogP contribution is 2.34. The van der Waals surface area contributed by atoms with E-state index in [0.29, 0.717) is 26.9 Å². The number of nitrogens with zero attached hydrogens (tertiary/aromatic N) is 2. The van der Waals surface area contributed by atoms with Gasteiger partial charge in [-0.15, -0.1) is 5.10 Å². The Balaban J connectivity index is 1.97. The molecule has 0 amide bonds. The number of ether oxygens (including phenoxy) is 1. The van der Waals surface area contributed by atoms with E-state index in [1.54, 1.807) is 36.4 Å². The molecule has 6 heteroatoms. The number of halogens is 1. The van der Waals surface area contributed by atoms with Crippen molar-refractivity contribution in [3.8, 4) is 11.5 Å². The lowest BCUT2D eigenvalue weighted by molar-refractivity contribution is 0.106. The highest BCUT2D eigenvalue weighted by atomic mass is 79.9. The number of carbonyl (C=O) groups is 1. The Morgan fingerprint density at radius 2 is 1.61 bits per heavy atom. The molecule has 0 aromatic heterocycles. The molecule has 0 radical (unpaired) electrons. The monoisotopic (exact) mass is 436 g/mol. The predicted molar refractivity (Wildman–Crippen MR) is 114 cm³/mol. The fourth-order valence-corrected chi connectivity index (χ4v) is 2.99. The molecule has 0 atom stereocenters. The summed E-state index contributed by atoms with van der Waals surface area (Å²) < 4.78 is 5.60. The summed E-state index contributed by atoms with van der Waals surface area (Å²) in [5.74, 6) is 0.101. The van der Waals surface area contributed by atoms with Crippen molar-refractivity contribution in [2.45, 2.75) is 0 Å². The number of aromatic hydroxyl groups is 1. The van der Waals surface area contributed by atoms with Crippen molar-refractivity contribution in [1.82, 2.24) is 0 Å². The van der Waals surface area contributed by atoms with Gasteiger partial charge < -0.3 is 9.84 Å². The molecule has 0 saturated carbocycles. The van der Waals surface area contributed by atoms with Gasteiger partial charge in [0.1, 0.15) is 5.71 Å². The molecule has 1 N–H and O–H groups in total. The minimum absolute atomic E-state index is 0.00683. The van der Waals surface area contributed by atoms with Crippen molar-refractivity contribution < 1.29 is 14.6 Å². The zero-order chi connectivity index (χ0) is 19.9. The number of Topliss-reactive ketones (excluding diaryl/α,β-unsaturated/α-hetero) is 1. The summed E-state index contributed by atoms with van der Waals surface area (Å²) in [4.78, 5) is 12.9. The van der Waals surface area contributed by atoms with Crippen molar-refractivity contribution in [2.24, 2.45) is 10.2 Å². The van der Waals surface area contributed by atoms with Crippen LogP contribution in [0.2, 0.25) is 0 Å². The Kier molecular flexibility index (Phi) is 6.34. The van der Waals surface area contributed by atoms with Crippen LogP contribution in [0, 0.1) is 0 Å². The largest absolute Gasteiger partial charge is 0.503 e. The summed E-state index contributed by atoms with van der Waals surface area (Å²) in [7, 11) is 1.46. The smallest absolute Gasteiger partial charge is 0.213 e. The molecule has 3 aromatic rings. The minimum Gasteiger partial charge on any atom is -0.503 e. The van der Waals surface area contributed by atoms with Gasteiger partial charge >= 0.3 is 0 Å². The average Bonchev–Trinajstić information content (AvgIpc) is 2.74. The Morgan fingerprint density at radius 3 is 2.21 bits per heavy atom. The van der Waals surface area contributed by atoms with E-state index in [1.807, 2.05) is 36.4 Å². The molecule has 3 rings (SSSR count). The summed E-state index contributed by atoms with van der Waals surface area (Å²) in [6, 6.07) is 21.4. The maximum absolute atomic E-state index is 12.9. The molecule has 28 heavy (non-hydrogen) atoms. The van der Waals surface area contributed by atoms with Crippen LogP contribution in [0.3, 0.4) is 0 Å². The second kappa shape index (κ2) is 9.10. The molecule has 0 aliphatic carbocycles. The Morgan fingerprint density at radius 1 is 1.00 bits per heavy atom. The lowest BCUT2D eigenvalue weighted by Gasteiger charge is -2.06. The normalized spacial score (nSPS) is 11.6. The maximum atomic E-state index is 12.9. The Hall–Kier alpha value is -3.25. The third kappa shape index (κ3) is 4.53. The SMILES string of the molecule is COc1cc(/C=N/N=C(C(=O)c2ccccc2)c2ccccc2)cc(Br)c1O. The standard InChI is InChI=1S/C22H17BrN2O3/c1-28-19-13-15(12-18(23)22(19)27)14-24-25-20(16-8-4-2-5-9-16)21(26)17-10-6-3-7-11-17/h2-14,27H,1H3/b24-14+,25-20?. The topological polar surface area (TPSA) is 71.2 Å². The first-order valence-electron chi connectivity index (χ1n) is 8.43. The van der Waals surface area contributed by atoms with Gasteiger partial charge in [0, 0.05) is 11.1 Å². The molecule has 0 spiro atoms. The molecule has 0 aliphatic heterocycles. The first-order valence-corrected chi connectivity index (χ1v) is 9.22. The number of hydrogen-bond donors (Lipinski definition) is 1. The van der Waals surface area contributed by atoms with Crippen LogP contribution < -0.4 is 4.74 Å². The first-order chi connectivity index (χ1) is 13.6. The highest BCUT2D eigenvalue weighted by molar-refractivity contribution is 9.10. The van der Waals surface area contributed by atoms with Gasteiger partial charge in [0.25, 0.3) is 0 Å². The average molecular weight is 437 g/mol. The molecule has 0 heterocycles. The van der Waals surface area contributed by atoms with Crippen LogP contribution in [0.1, 0.15) is 21.5 Å². The van der Waals surface area contributed by atoms with Crippen LogP contribution in [0.25, 0.3) is 0 Å². The van der Waals surface area contributed by atoms with E-state index in [2.05, 4.69) is 26.1 Å². The van der Waals surface area contributed by atoms with Crippen molar-refractivity contribution in [2.75, 3.05) is 7.11 Å². The third-order valence-corrected chi connectivity index (χ3v) is 4.54. The van der Waals surface area contributed by atoms with E-state index >= 15 is 0 Å². The zero-order valence-electron chi connectivity index (χ0n) is 15.0. The van der Waals surface area contributed by atoms with Gasteiger partial charge in [-0.3, -0.25) is 4.79 Å². The third-order valence-electron chi connectivity index (χ3n) is 3.93. The lowest BCUT2D eigenvalue weighted by atomic mass is 10.0. The van der Waals surface area contributed by atoms with Gasteiger partial charge in [-0.25, -0.2) is 0 Å². The van der Waals surface area contributed by atoms with Gasteiger partial charge in [0.2, 0.25) is 5.78 Å². The second-order valence-corrected chi connectivity index (χ2v) is 6.66. The molecule has 0 fully saturated rings. The number of rotatable bonds is 6. The number of phenols is 1. The van der Waals surface area contributed by atoms with Crippen LogP contribution in [-0.4, -0.2) is 29.9 Å². The van der Waals surface area contributed by atoms with E-state index in [0.717, 1.165) is 0 Å². The molecule has 5 nitrogen and oxygen atoms in total. The number of benzene rings is 3. The van der Waals surface area contributed by atoms with Gasteiger partial charge in [0.15, 0.2) is 11.5 Å². The summed E-state index contributed by atoms with van der Waals surface area (Å²) in [5, 5.41) is 18.2. The molecular weight excluding hydrogens is 420 g/mol. The van der Waals surface area contributed by atoms with Crippen molar-refractivity contribution in [3.05, 3.63) is 94.0 Å². The van der Waals surface area contributed by atoms with E-state index in [-0.39, 0.29) is 17.2 Å². The van der Waals surface area contributed by atoms with E-state index < -0.39 is 0 Å². The molecule has 140 valence electrons. The molecular formula is C22H17BrN2O3. The number of ketones is 1. The number of methoxy groups -OCH3 is 1. The Bertz CT molecular complexity index is 1030. The number of carbonyl (C=O) groups excluding carboxylic acids is 1.